The third-order valence-electron chi connectivity index (χ3n) is 4.92. The lowest BCUT2D eigenvalue weighted by Crippen LogP contribution is -2.25. The van der Waals surface area contributed by atoms with Crippen molar-refractivity contribution in [3.05, 3.63) is 89.5 Å². The molecule has 0 radical (unpaired) electrons. The van der Waals surface area contributed by atoms with E-state index in [1.165, 1.54) is 0 Å². The first-order valence-corrected chi connectivity index (χ1v) is 9.49. The Morgan fingerprint density at radius 1 is 1.10 bits per heavy atom. The molecule has 4 aromatic rings. The van der Waals surface area contributed by atoms with Crippen molar-refractivity contribution in [1.29, 1.82) is 0 Å². The summed E-state index contributed by atoms with van der Waals surface area (Å²) in [5.41, 5.74) is 6.22. The van der Waals surface area contributed by atoms with Gasteiger partial charge in [-0.1, -0.05) is 18.2 Å². The molecule has 6 heteroatoms. The summed E-state index contributed by atoms with van der Waals surface area (Å²) in [6.45, 7) is 4.47. The first kappa shape index (κ1) is 18.7. The molecule has 0 spiro atoms. The van der Waals surface area contributed by atoms with Gasteiger partial charge in [0.15, 0.2) is 0 Å². The number of carbonyl (C=O) groups is 1. The maximum Gasteiger partial charge on any atom is 0.270 e. The zero-order valence-electron chi connectivity index (χ0n) is 16.8. The van der Waals surface area contributed by atoms with Crippen molar-refractivity contribution in [3.8, 4) is 17.1 Å². The van der Waals surface area contributed by atoms with E-state index in [9.17, 15) is 4.79 Å². The summed E-state index contributed by atoms with van der Waals surface area (Å²) in [7, 11) is 1.97. The Morgan fingerprint density at radius 3 is 2.69 bits per heavy atom. The van der Waals surface area contributed by atoms with E-state index in [0.717, 1.165) is 33.8 Å². The summed E-state index contributed by atoms with van der Waals surface area (Å²) in [5.74, 6) is -0.178. The van der Waals surface area contributed by atoms with Gasteiger partial charge in [0.2, 0.25) is 0 Å². The van der Waals surface area contributed by atoms with E-state index in [0.29, 0.717) is 12.2 Å². The highest BCUT2D eigenvalue weighted by Gasteiger charge is 2.19. The fourth-order valence-electron chi connectivity index (χ4n) is 3.30. The highest BCUT2D eigenvalue weighted by Crippen LogP contribution is 2.24. The molecule has 0 aliphatic carbocycles. The van der Waals surface area contributed by atoms with Crippen molar-refractivity contribution in [2.75, 3.05) is 0 Å². The van der Waals surface area contributed by atoms with Crippen LogP contribution in [0.4, 0.5) is 0 Å². The van der Waals surface area contributed by atoms with E-state index in [4.69, 9.17) is 5.10 Å². The molecular formula is C23H23N5O. The lowest BCUT2D eigenvalue weighted by Gasteiger charge is -2.11. The van der Waals surface area contributed by atoms with E-state index in [2.05, 4.69) is 22.4 Å². The SMILES string of the molecule is Cc1ccc(C)c(-n2nc(-c3cccn3C)cc2C(=O)NCc2cccnc2)c1. The molecule has 1 N–H and O–H groups in total. The van der Waals surface area contributed by atoms with Crippen molar-refractivity contribution in [1.82, 2.24) is 24.6 Å². The Labute approximate surface area is 169 Å². The largest absolute Gasteiger partial charge is 0.349 e. The Hall–Kier alpha value is -3.67. The van der Waals surface area contributed by atoms with E-state index >= 15 is 0 Å². The van der Waals surface area contributed by atoms with E-state index in [1.807, 2.05) is 68.1 Å². The van der Waals surface area contributed by atoms with Gasteiger partial charge in [-0.15, -0.1) is 0 Å². The number of rotatable bonds is 5. The minimum atomic E-state index is -0.178. The number of aryl methyl sites for hydroxylation is 3. The first-order chi connectivity index (χ1) is 14.0. The van der Waals surface area contributed by atoms with Crippen molar-refractivity contribution in [2.24, 2.45) is 7.05 Å². The summed E-state index contributed by atoms with van der Waals surface area (Å²) in [6, 6.07) is 15.8. The highest BCUT2D eigenvalue weighted by molar-refractivity contribution is 5.94. The molecule has 0 unspecified atom stereocenters. The van der Waals surface area contributed by atoms with Crippen LogP contribution in [0, 0.1) is 13.8 Å². The normalized spacial score (nSPS) is 10.9. The minimum Gasteiger partial charge on any atom is -0.349 e. The van der Waals surface area contributed by atoms with Gasteiger partial charge in [-0.2, -0.15) is 5.10 Å². The van der Waals surface area contributed by atoms with Crippen LogP contribution in [-0.2, 0) is 13.6 Å². The molecule has 1 amide bonds. The molecule has 29 heavy (non-hydrogen) atoms. The van der Waals surface area contributed by atoms with Gasteiger partial charge in [0, 0.05) is 32.2 Å². The van der Waals surface area contributed by atoms with Gasteiger partial charge in [0.1, 0.15) is 11.4 Å². The Kier molecular flexibility index (Phi) is 4.99. The monoisotopic (exact) mass is 385 g/mol. The minimum absolute atomic E-state index is 0.178. The molecule has 0 saturated heterocycles. The molecular weight excluding hydrogens is 362 g/mol. The molecule has 0 saturated carbocycles. The molecule has 0 aliphatic rings. The quantitative estimate of drug-likeness (QED) is 0.568. The van der Waals surface area contributed by atoms with Crippen LogP contribution in [0.1, 0.15) is 27.2 Å². The number of nitrogens with zero attached hydrogens (tertiary/aromatic N) is 4. The summed E-state index contributed by atoms with van der Waals surface area (Å²) in [6.07, 6.45) is 5.43. The van der Waals surface area contributed by atoms with E-state index in [-0.39, 0.29) is 5.91 Å². The van der Waals surface area contributed by atoms with Crippen LogP contribution in [0.25, 0.3) is 17.1 Å². The Balaban J connectivity index is 1.74. The summed E-state index contributed by atoms with van der Waals surface area (Å²) >= 11 is 0. The number of nitrogens with one attached hydrogen (secondary N) is 1. The van der Waals surface area contributed by atoms with Gasteiger partial charge in [-0.3, -0.25) is 9.78 Å². The predicted molar refractivity (Wildman–Crippen MR) is 113 cm³/mol. The third kappa shape index (κ3) is 3.82. The average Bonchev–Trinajstić information content (AvgIpc) is 3.35. The summed E-state index contributed by atoms with van der Waals surface area (Å²) in [4.78, 5) is 17.2. The molecule has 6 nitrogen and oxygen atoms in total. The van der Waals surface area contributed by atoms with Gasteiger partial charge in [0.25, 0.3) is 5.91 Å². The number of aromatic nitrogens is 4. The highest BCUT2D eigenvalue weighted by atomic mass is 16.2. The average molecular weight is 385 g/mol. The molecule has 0 bridgehead atoms. The fourth-order valence-corrected chi connectivity index (χ4v) is 3.30. The molecule has 1 aromatic carbocycles. The molecule has 0 aliphatic heterocycles. The number of benzene rings is 1. The topological polar surface area (TPSA) is 64.7 Å². The Morgan fingerprint density at radius 2 is 1.97 bits per heavy atom. The smallest absolute Gasteiger partial charge is 0.270 e. The second-order valence-electron chi connectivity index (χ2n) is 7.16. The summed E-state index contributed by atoms with van der Waals surface area (Å²) in [5, 5.41) is 7.77. The van der Waals surface area contributed by atoms with E-state index < -0.39 is 0 Å². The van der Waals surface area contributed by atoms with Crippen molar-refractivity contribution in [2.45, 2.75) is 20.4 Å². The van der Waals surface area contributed by atoms with Crippen LogP contribution in [0.15, 0.2) is 67.1 Å². The second-order valence-corrected chi connectivity index (χ2v) is 7.16. The molecule has 0 fully saturated rings. The van der Waals surface area contributed by atoms with Crippen molar-refractivity contribution in [3.63, 3.8) is 0 Å². The van der Waals surface area contributed by atoms with Gasteiger partial charge < -0.3 is 9.88 Å². The zero-order valence-corrected chi connectivity index (χ0v) is 16.8. The van der Waals surface area contributed by atoms with Crippen LogP contribution in [0.2, 0.25) is 0 Å². The van der Waals surface area contributed by atoms with Crippen LogP contribution in [0.3, 0.4) is 0 Å². The van der Waals surface area contributed by atoms with Crippen molar-refractivity contribution >= 4 is 5.91 Å². The number of hydrogen-bond donors (Lipinski definition) is 1. The molecule has 4 rings (SSSR count). The van der Waals surface area contributed by atoms with Gasteiger partial charge >= 0.3 is 0 Å². The number of hydrogen-bond acceptors (Lipinski definition) is 3. The molecule has 146 valence electrons. The van der Waals surface area contributed by atoms with E-state index in [1.54, 1.807) is 17.1 Å². The molecule has 3 aromatic heterocycles. The van der Waals surface area contributed by atoms with Gasteiger partial charge in [-0.05, 0) is 60.9 Å². The van der Waals surface area contributed by atoms with Crippen molar-refractivity contribution < 1.29 is 4.79 Å². The number of amides is 1. The Bertz CT molecular complexity index is 1160. The van der Waals surface area contributed by atoms with Crippen LogP contribution >= 0.6 is 0 Å². The fraction of sp³-hybridized carbons (Fsp3) is 0.174. The third-order valence-corrected chi connectivity index (χ3v) is 4.92. The second kappa shape index (κ2) is 7.75. The lowest BCUT2D eigenvalue weighted by molar-refractivity contribution is 0.0943. The van der Waals surface area contributed by atoms with Gasteiger partial charge in [-0.25, -0.2) is 4.68 Å². The first-order valence-electron chi connectivity index (χ1n) is 9.49. The van der Waals surface area contributed by atoms with Crippen LogP contribution in [0.5, 0.6) is 0 Å². The standard InChI is InChI=1S/C23H23N5O/c1-16-8-9-17(2)21(12-16)28-22(13-19(26-28)20-7-5-11-27(20)3)23(29)25-15-18-6-4-10-24-14-18/h4-14H,15H2,1-3H3,(H,25,29). The maximum atomic E-state index is 13.1. The van der Waals surface area contributed by atoms with Crippen LogP contribution in [-0.4, -0.2) is 25.2 Å². The predicted octanol–water partition coefficient (Wildman–Crippen LogP) is 3.82. The molecule has 3 heterocycles. The number of pyridine rings is 1. The molecule has 0 atom stereocenters. The summed E-state index contributed by atoms with van der Waals surface area (Å²) < 4.78 is 3.73. The zero-order chi connectivity index (χ0) is 20.4. The maximum absolute atomic E-state index is 13.1. The van der Waals surface area contributed by atoms with Gasteiger partial charge in [0.05, 0.1) is 11.4 Å². The number of carbonyl (C=O) groups excluding carboxylic acids is 1. The van der Waals surface area contributed by atoms with Crippen LogP contribution < -0.4 is 5.32 Å². The lowest BCUT2D eigenvalue weighted by atomic mass is 10.1.